The Morgan fingerprint density at radius 3 is 2.56 bits per heavy atom. The second-order valence-electron chi connectivity index (χ2n) is 6.51. The second kappa shape index (κ2) is 6.90. The number of nitrogens with one attached hydrogen (secondary N) is 2. The third-order valence-corrected chi connectivity index (χ3v) is 5.22. The van der Waals surface area contributed by atoms with E-state index in [4.69, 9.17) is 5.14 Å². The van der Waals surface area contributed by atoms with Crippen LogP contribution in [-0.4, -0.2) is 55.0 Å². The zero-order chi connectivity index (χ0) is 17.5. The zero-order valence-electron chi connectivity index (χ0n) is 14.0. The standard InChI is InChI=1S/C13H21N7O3S.ClH/c1-13(18-24(14,22)23)3-5-20(6-4-13)11-9-7-19(2)12(21)17-10(9)15-8-16-11;/h8,18H,3-7H2,1-2H3,(H2,14,22,23)(H,15,16,17,21);1H. The molecule has 3 rings (SSSR count). The van der Waals surface area contributed by atoms with Crippen molar-refractivity contribution < 1.29 is 13.2 Å². The Hall–Kier alpha value is -1.69. The summed E-state index contributed by atoms with van der Waals surface area (Å²) in [5.41, 5.74) is 0.296. The first-order valence-corrected chi connectivity index (χ1v) is 9.14. The van der Waals surface area contributed by atoms with Gasteiger partial charge in [-0.1, -0.05) is 0 Å². The first-order chi connectivity index (χ1) is 11.2. The van der Waals surface area contributed by atoms with Gasteiger partial charge < -0.3 is 9.80 Å². The van der Waals surface area contributed by atoms with Gasteiger partial charge in [0.1, 0.15) is 18.0 Å². The Morgan fingerprint density at radius 2 is 1.96 bits per heavy atom. The lowest BCUT2D eigenvalue weighted by Gasteiger charge is -2.40. The number of hydrogen-bond donors (Lipinski definition) is 3. The van der Waals surface area contributed by atoms with Crippen LogP contribution in [0.25, 0.3) is 0 Å². The van der Waals surface area contributed by atoms with Crippen LogP contribution in [0, 0.1) is 0 Å². The molecule has 10 nitrogen and oxygen atoms in total. The number of halogens is 1. The van der Waals surface area contributed by atoms with Gasteiger partial charge in [0.2, 0.25) is 0 Å². The van der Waals surface area contributed by atoms with Crippen molar-refractivity contribution in [2.45, 2.75) is 31.8 Å². The number of rotatable bonds is 3. The number of nitrogens with zero attached hydrogens (tertiary/aromatic N) is 4. The molecule has 0 unspecified atom stereocenters. The third-order valence-electron chi connectivity index (χ3n) is 4.45. The molecule has 0 radical (unpaired) electrons. The summed E-state index contributed by atoms with van der Waals surface area (Å²) in [6.45, 7) is 3.53. The Bertz CT molecular complexity index is 765. The highest BCUT2D eigenvalue weighted by molar-refractivity contribution is 7.87. The van der Waals surface area contributed by atoms with Gasteiger partial charge in [0.15, 0.2) is 0 Å². The zero-order valence-corrected chi connectivity index (χ0v) is 15.7. The summed E-state index contributed by atoms with van der Waals surface area (Å²) in [5.74, 6) is 1.30. The summed E-state index contributed by atoms with van der Waals surface area (Å²) in [6.07, 6.45) is 2.63. The van der Waals surface area contributed by atoms with Gasteiger partial charge in [0.25, 0.3) is 10.2 Å². The lowest BCUT2D eigenvalue weighted by atomic mass is 9.91. The van der Waals surface area contributed by atoms with E-state index in [-0.39, 0.29) is 18.4 Å². The van der Waals surface area contributed by atoms with Crippen LogP contribution in [0.4, 0.5) is 16.4 Å². The summed E-state index contributed by atoms with van der Waals surface area (Å²) in [6, 6.07) is -0.198. The molecule has 0 atom stereocenters. The molecule has 1 aromatic rings. The second-order valence-corrected chi connectivity index (χ2v) is 7.80. The smallest absolute Gasteiger partial charge is 0.323 e. The van der Waals surface area contributed by atoms with E-state index in [0.29, 0.717) is 38.3 Å². The summed E-state index contributed by atoms with van der Waals surface area (Å²) in [4.78, 5) is 23.9. The molecule has 0 bridgehead atoms. The van der Waals surface area contributed by atoms with Gasteiger partial charge in [-0.25, -0.2) is 19.9 Å². The first kappa shape index (κ1) is 19.6. The number of hydrogen-bond acceptors (Lipinski definition) is 6. The van der Waals surface area contributed by atoms with Crippen molar-refractivity contribution >= 4 is 40.3 Å². The largest absolute Gasteiger partial charge is 0.356 e. The molecular formula is C13H22ClN7O3S. The molecule has 2 aliphatic rings. The molecule has 4 N–H and O–H groups in total. The highest BCUT2D eigenvalue weighted by Gasteiger charge is 2.35. The van der Waals surface area contributed by atoms with Crippen molar-refractivity contribution in [3.05, 3.63) is 11.9 Å². The monoisotopic (exact) mass is 391 g/mol. The van der Waals surface area contributed by atoms with Gasteiger partial charge in [-0.3, -0.25) is 5.32 Å². The molecule has 1 fully saturated rings. The van der Waals surface area contributed by atoms with Crippen LogP contribution in [0.5, 0.6) is 0 Å². The van der Waals surface area contributed by atoms with E-state index >= 15 is 0 Å². The topological polar surface area (TPSA) is 134 Å². The third kappa shape index (κ3) is 4.29. The van der Waals surface area contributed by atoms with Crippen LogP contribution in [-0.2, 0) is 16.8 Å². The number of aromatic nitrogens is 2. The number of nitrogens with two attached hydrogens (primary N) is 1. The predicted molar refractivity (Wildman–Crippen MR) is 95.9 cm³/mol. The highest BCUT2D eigenvalue weighted by atomic mass is 35.5. The van der Waals surface area contributed by atoms with Gasteiger partial charge in [0.05, 0.1) is 12.1 Å². The fraction of sp³-hybridized carbons (Fsp3) is 0.615. The van der Waals surface area contributed by atoms with E-state index in [1.54, 1.807) is 11.9 Å². The van der Waals surface area contributed by atoms with Crippen molar-refractivity contribution in [3.63, 3.8) is 0 Å². The van der Waals surface area contributed by atoms with Crippen molar-refractivity contribution in [1.29, 1.82) is 0 Å². The van der Waals surface area contributed by atoms with Gasteiger partial charge >= 0.3 is 6.03 Å². The van der Waals surface area contributed by atoms with E-state index in [0.717, 1.165) is 11.4 Å². The number of piperidine rings is 1. The highest BCUT2D eigenvalue weighted by Crippen LogP contribution is 2.31. The molecule has 2 amide bonds. The molecular weight excluding hydrogens is 370 g/mol. The molecule has 12 heteroatoms. The lowest BCUT2D eigenvalue weighted by Crippen LogP contribution is -2.55. The number of amides is 2. The van der Waals surface area contributed by atoms with Crippen molar-refractivity contribution in [1.82, 2.24) is 19.6 Å². The minimum Gasteiger partial charge on any atom is -0.356 e. The van der Waals surface area contributed by atoms with E-state index in [2.05, 4.69) is 24.9 Å². The Balaban J connectivity index is 0.00000225. The summed E-state index contributed by atoms with van der Waals surface area (Å²) < 4.78 is 25.1. The summed E-state index contributed by atoms with van der Waals surface area (Å²) in [5, 5.41) is 7.84. The van der Waals surface area contributed by atoms with Gasteiger partial charge in [-0.15, -0.1) is 12.4 Å². The van der Waals surface area contributed by atoms with E-state index < -0.39 is 15.7 Å². The van der Waals surface area contributed by atoms with Crippen molar-refractivity contribution in [3.8, 4) is 0 Å². The van der Waals surface area contributed by atoms with Crippen LogP contribution in [0.1, 0.15) is 25.3 Å². The molecule has 25 heavy (non-hydrogen) atoms. The maximum atomic E-state index is 11.7. The summed E-state index contributed by atoms with van der Waals surface area (Å²) >= 11 is 0. The lowest BCUT2D eigenvalue weighted by molar-refractivity contribution is 0.218. The molecule has 0 aliphatic carbocycles. The Morgan fingerprint density at radius 1 is 1.32 bits per heavy atom. The van der Waals surface area contributed by atoms with E-state index in [1.807, 2.05) is 6.92 Å². The fourth-order valence-corrected chi connectivity index (χ4v) is 3.98. The number of urea groups is 1. The van der Waals surface area contributed by atoms with E-state index in [1.165, 1.54) is 6.33 Å². The Kier molecular flexibility index (Phi) is 5.42. The van der Waals surface area contributed by atoms with Crippen molar-refractivity contribution in [2.24, 2.45) is 5.14 Å². The van der Waals surface area contributed by atoms with Gasteiger partial charge in [-0.2, -0.15) is 13.1 Å². The molecule has 0 spiro atoms. The van der Waals surface area contributed by atoms with Crippen molar-refractivity contribution in [2.75, 3.05) is 30.4 Å². The molecule has 140 valence electrons. The number of carbonyl (C=O) groups is 1. The molecule has 3 heterocycles. The van der Waals surface area contributed by atoms with Crippen LogP contribution in [0.2, 0.25) is 0 Å². The maximum Gasteiger partial charge on any atom is 0.323 e. The molecule has 0 aromatic carbocycles. The number of anilines is 2. The summed E-state index contributed by atoms with van der Waals surface area (Å²) in [7, 11) is -2.03. The SMILES string of the molecule is CN1Cc2c(ncnc2N2CCC(C)(NS(N)(=O)=O)CC2)NC1=O.Cl. The van der Waals surface area contributed by atoms with Crippen LogP contribution < -0.4 is 20.1 Å². The molecule has 1 saturated heterocycles. The minimum absolute atomic E-state index is 0. The molecule has 0 saturated carbocycles. The first-order valence-electron chi connectivity index (χ1n) is 7.59. The molecule has 1 aromatic heterocycles. The number of carbonyl (C=O) groups excluding carboxylic acids is 1. The van der Waals surface area contributed by atoms with Crippen LogP contribution >= 0.6 is 12.4 Å². The average Bonchev–Trinajstić information content (AvgIpc) is 2.47. The van der Waals surface area contributed by atoms with Gasteiger partial charge in [0, 0.05) is 25.7 Å². The fourth-order valence-electron chi connectivity index (χ4n) is 3.09. The quantitative estimate of drug-likeness (QED) is 0.665. The van der Waals surface area contributed by atoms with Gasteiger partial charge in [-0.05, 0) is 19.8 Å². The molecule has 2 aliphatic heterocycles. The average molecular weight is 392 g/mol. The normalized spacial score (nSPS) is 19.7. The predicted octanol–water partition coefficient (Wildman–Crippen LogP) is 0.0277. The van der Waals surface area contributed by atoms with E-state index in [9.17, 15) is 13.2 Å². The maximum absolute atomic E-state index is 11.7. The number of fused-ring (bicyclic) bond motifs is 1. The minimum atomic E-state index is -3.74. The van der Waals surface area contributed by atoms with Crippen LogP contribution in [0.15, 0.2) is 6.33 Å². The Labute approximate surface area is 152 Å². The van der Waals surface area contributed by atoms with Crippen LogP contribution in [0.3, 0.4) is 0 Å².